The van der Waals surface area contributed by atoms with Crippen molar-refractivity contribution in [2.45, 2.75) is 44.9 Å². The number of imidazole rings is 1. The fourth-order valence-electron chi connectivity index (χ4n) is 4.64. The van der Waals surface area contributed by atoms with E-state index in [2.05, 4.69) is 26.8 Å². The summed E-state index contributed by atoms with van der Waals surface area (Å²) in [6, 6.07) is 2.07. The molecule has 1 aliphatic rings. The highest BCUT2D eigenvalue weighted by atomic mass is 19.1. The number of carbonyl (C=O) groups excluding carboxylic acids is 1. The lowest BCUT2D eigenvalue weighted by Crippen LogP contribution is -2.40. The highest BCUT2D eigenvalue weighted by Gasteiger charge is 2.39. The Morgan fingerprint density at radius 3 is 2.70 bits per heavy atom. The second kappa shape index (κ2) is 9.03. The number of likely N-dealkylation sites (tertiary alicyclic amines) is 1. The number of nitrogens with two attached hydrogens (primary N) is 1. The van der Waals surface area contributed by atoms with Crippen LogP contribution in [0.5, 0.6) is 0 Å². The van der Waals surface area contributed by atoms with Crippen molar-refractivity contribution in [1.29, 1.82) is 0 Å². The maximum Gasteiger partial charge on any atom is 0.410 e. The van der Waals surface area contributed by atoms with E-state index >= 15 is 0 Å². The molecule has 0 unspecified atom stereocenters. The van der Waals surface area contributed by atoms with Gasteiger partial charge in [-0.1, -0.05) is 11.8 Å². The van der Waals surface area contributed by atoms with Gasteiger partial charge in [0.1, 0.15) is 35.9 Å². The van der Waals surface area contributed by atoms with Crippen LogP contribution in [-0.4, -0.2) is 59.9 Å². The smallest absolute Gasteiger partial charge is 0.410 e. The Bertz CT molecular complexity index is 1580. The molecule has 4 aromatic rings. The Labute approximate surface area is 212 Å². The van der Waals surface area contributed by atoms with Crippen LogP contribution in [0.15, 0.2) is 31.0 Å². The predicted molar refractivity (Wildman–Crippen MR) is 135 cm³/mol. The maximum atomic E-state index is 14.8. The molecular formula is C26H27F2N7O2. The van der Waals surface area contributed by atoms with Crippen LogP contribution in [0.4, 0.5) is 19.4 Å². The molecule has 4 heterocycles. The number of hydrogen-bond donors (Lipinski definition) is 1. The lowest BCUT2D eigenvalue weighted by molar-refractivity contribution is 0.0203. The number of alkyl halides is 1. The lowest BCUT2D eigenvalue weighted by Gasteiger charge is -2.27. The molecule has 0 saturated carbocycles. The van der Waals surface area contributed by atoms with E-state index < -0.39 is 30.2 Å². The molecule has 192 valence electrons. The molecule has 37 heavy (non-hydrogen) atoms. The van der Waals surface area contributed by atoms with Gasteiger partial charge < -0.3 is 24.5 Å². The molecule has 0 radical (unpaired) electrons. The summed E-state index contributed by atoms with van der Waals surface area (Å²) in [7, 11) is 1.79. The van der Waals surface area contributed by atoms with Gasteiger partial charge in [0, 0.05) is 25.9 Å². The third kappa shape index (κ3) is 4.55. The van der Waals surface area contributed by atoms with E-state index in [1.54, 1.807) is 51.0 Å². The van der Waals surface area contributed by atoms with Crippen LogP contribution in [-0.2, 0) is 11.8 Å². The van der Waals surface area contributed by atoms with Crippen molar-refractivity contribution in [3.8, 4) is 11.8 Å². The van der Waals surface area contributed by atoms with E-state index in [0.717, 1.165) is 0 Å². The fraction of sp³-hybridized carbons (Fsp3) is 0.385. The number of ether oxygens (including phenoxy) is 1. The van der Waals surface area contributed by atoms with Crippen LogP contribution in [0.3, 0.4) is 0 Å². The number of carbonyl (C=O) groups is 1. The van der Waals surface area contributed by atoms with Crippen molar-refractivity contribution >= 4 is 34.0 Å². The molecule has 2 atom stereocenters. The van der Waals surface area contributed by atoms with Crippen molar-refractivity contribution in [2.75, 3.05) is 19.0 Å². The first-order valence-electron chi connectivity index (χ1n) is 11.8. The number of rotatable bonds is 2. The van der Waals surface area contributed by atoms with Crippen LogP contribution in [0.2, 0.25) is 0 Å². The van der Waals surface area contributed by atoms with Gasteiger partial charge in [0.25, 0.3) is 0 Å². The lowest BCUT2D eigenvalue weighted by atomic mass is 10.1. The fourth-order valence-corrected chi connectivity index (χ4v) is 4.64. The summed E-state index contributed by atoms with van der Waals surface area (Å²) in [4.78, 5) is 26.9. The van der Waals surface area contributed by atoms with Gasteiger partial charge in [-0.25, -0.2) is 28.5 Å². The standard InChI is InChI=1S/C26H27F2N7O2/c1-26(2,3)37-25(36)35-12-18(8-17(35)10-27)34-11-16(22-23(29)30-13-31-24(22)34)6-5-15-7-20-21(9-19(15)28)33(4)14-32-20/h7,9,11,13-14,17-18H,8,10,12H2,1-4H3,(H2,29,30,31)/t17-,18+/m1/s1. The normalized spacial score (nSPS) is 17.8. The number of amides is 1. The van der Waals surface area contributed by atoms with Crippen LogP contribution < -0.4 is 5.73 Å². The second-order valence-corrected chi connectivity index (χ2v) is 10.2. The SMILES string of the molecule is Cn1cnc2cc(C#Cc3cn([C@H]4C[C@H](CF)N(C(=O)OC(C)(C)C)C4)c4ncnc(N)c34)c(F)cc21. The summed E-state index contributed by atoms with van der Waals surface area (Å²) in [5, 5.41) is 0.516. The van der Waals surface area contributed by atoms with Gasteiger partial charge >= 0.3 is 6.09 Å². The Morgan fingerprint density at radius 1 is 1.22 bits per heavy atom. The number of benzene rings is 1. The highest BCUT2D eigenvalue weighted by Crippen LogP contribution is 2.34. The molecule has 2 N–H and O–H groups in total. The number of fused-ring (bicyclic) bond motifs is 2. The number of aromatic nitrogens is 5. The van der Waals surface area contributed by atoms with Crippen molar-refractivity contribution in [2.24, 2.45) is 7.05 Å². The molecule has 1 aliphatic heterocycles. The Kier molecular flexibility index (Phi) is 5.98. The summed E-state index contributed by atoms with van der Waals surface area (Å²) in [5.74, 6) is 5.64. The molecule has 11 heteroatoms. The van der Waals surface area contributed by atoms with E-state index in [-0.39, 0.29) is 24.0 Å². The van der Waals surface area contributed by atoms with Crippen molar-refractivity contribution in [1.82, 2.24) is 29.0 Å². The molecule has 1 aromatic carbocycles. The van der Waals surface area contributed by atoms with Crippen LogP contribution in [0, 0.1) is 17.7 Å². The Hall–Kier alpha value is -4.20. The first-order chi connectivity index (χ1) is 17.6. The first kappa shape index (κ1) is 24.5. The summed E-state index contributed by atoms with van der Waals surface area (Å²) in [6.45, 7) is 4.83. The van der Waals surface area contributed by atoms with E-state index in [9.17, 15) is 13.6 Å². The van der Waals surface area contributed by atoms with Gasteiger partial charge in [-0.3, -0.25) is 0 Å². The zero-order chi connectivity index (χ0) is 26.5. The van der Waals surface area contributed by atoms with Crippen molar-refractivity contribution in [3.63, 3.8) is 0 Å². The molecule has 0 bridgehead atoms. The third-order valence-electron chi connectivity index (χ3n) is 6.38. The molecule has 9 nitrogen and oxygen atoms in total. The van der Waals surface area contributed by atoms with Gasteiger partial charge in [0.2, 0.25) is 0 Å². The number of nitrogen functional groups attached to an aromatic ring is 1. The zero-order valence-electron chi connectivity index (χ0n) is 21.0. The number of aryl methyl sites for hydroxylation is 1. The average Bonchev–Trinajstić information content (AvgIpc) is 3.52. The van der Waals surface area contributed by atoms with E-state index in [0.29, 0.717) is 34.1 Å². The quantitative estimate of drug-likeness (QED) is 0.412. The molecule has 1 amide bonds. The predicted octanol–water partition coefficient (Wildman–Crippen LogP) is 3.96. The molecule has 3 aromatic heterocycles. The average molecular weight is 508 g/mol. The van der Waals surface area contributed by atoms with E-state index in [1.807, 2.05) is 4.57 Å². The molecule has 1 fully saturated rings. The summed E-state index contributed by atoms with van der Waals surface area (Å²) in [6.07, 6.45) is 4.50. The Balaban J connectivity index is 1.53. The highest BCUT2D eigenvalue weighted by molar-refractivity contribution is 5.92. The number of hydrogen-bond acceptors (Lipinski definition) is 6. The molecule has 0 spiro atoms. The summed E-state index contributed by atoms with van der Waals surface area (Å²) < 4.78 is 37.7. The maximum absolute atomic E-state index is 14.8. The minimum atomic E-state index is -0.700. The molecule has 0 aliphatic carbocycles. The number of anilines is 1. The minimum absolute atomic E-state index is 0.192. The van der Waals surface area contributed by atoms with E-state index in [4.69, 9.17) is 10.5 Å². The van der Waals surface area contributed by atoms with Gasteiger partial charge in [-0.15, -0.1) is 0 Å². The topological polar surface area (TPSA) is 104 Å². The number of nitrogens with zero attached hydrogens (tertiary/aromatic N) is 6. The van der Waals surface area contributed by atoms with Gasteiger partial charge in [0.15, 0.2) is 0 Å². The van der Waals surface area contributed by atoms with E-state index in [1.165, 1.54) is 17.3 Å². The number of halogens is 2. The summed E-state index contributed by atoms with van der Waals surface area (Å²) in [5.41, 5.74) is 7.97. The molecular weight excluding hydrogens is 480 g/mol. The third-order valence-corrected chi connectivity index (χ3v) is 6.38. The summed E-state index contributed by atoms with van der Waals surface area (Å²) >= 11 is 0. The van der Waals surface area contributed by atoms with Crippen molar-refractivity contribution in [3.05, 3.63) is 47.9 Å². The van der Waals surface area contributed by atoms with Crippen LogP contribution in [0.25, 0.3) is 22.1 Å². The molecule has 5 rings (SSSR count). The zero-order valence-corrected chi connectivity index (χ0v) is 21.0. The molecule has 1 saturated heterocycles. The van der Waals surface area contributed by atoms with Crippen molar-refractivity contribution < 1.29 is 18.3 Å². The second-order valence-electron chi connectivity index (χ2n) is 10.2. The first-order valence-corrected chi connectivity index (χ1v) is 11.8. The van der Waals surface area contributed by atoms with Crippen LogP contribution >= 0.6 is 0 Å². The minimum Gasteiger partial charge on any atom is -0.444 e. The van der Waals surface area contributed by atoms with Crippen LogP contribution in [0.1, 0.15) is 44.4 Å². The van der Waals surface area contributed by atoms with Gasteiger partial charge in [-0.05, 0) is 33.3 Å². The Morgan fingerprint density at radius 2 is 1.97 bits per heavy atom. The largest absolute Gasteiger partial charge is 0.444 e. The van der Waals surface area contributed by atoms with Gasteiger partial charge in [-0.2, -0.15) is 0 Å². The monoisotopic (exact) mass is 507 g/mol. The van der Waals surface area contributed by atoms with Gasteiger partial charge in [0.05, 0.1) is 46.0 Å².